The lowest BCUT2D eigenvalue weighted by Gasteiger charge is -2.03. The van der Waals surface area contributed by atoms with E-state index < -0.39 is 28.3 Å². The molecule has 0 radical (unpaired) electrons. The van der Waals surface area contributed by atoms with E-state index in [4.69, 9.17) is 5.73 Å². The molecule has 1 rings (SSSR count). The molecule has 1 atom stereocenters. The topological polar surface area (TPSA) is 86.2 Å². The minimum atomic E-state index is -0.971. The molecule has 15 heavy (non-hydrogen) atoms. The number of nitro benzene ring substituents is 1. The summed E-state index contributed by atoms with van der Waals surface area (Å²) in [6, 6.07) is 2.18. The Hall–Kier alpha value is -1.82. The van der Waals surface area contributed by atoms with Crippen LogP contribution in [-0.4, -0.2) is 16.7 Å². The van der Waals surface area contributed by atoms with Crippen molar-refractivity contribution in [2.24, 2.45) is 5.73 Å². The number of nitrogens with two attached hydrogens (primary N) is 1. The zero-order valence-corrected chi connectivity index (χ0v) is 7.94. The molecule has 1 aromatic carbocycles. The number of hydrogen-bond acceptors (Lipinski definition) is 4. The van der Waals surface area contributed by atoms with Crippen molar-refractivity contribution in [1.29, 1.82) is 0 Å². The van der Waals surface area contributed by atoms with E-state index in [0.29, 0.717) is 0 Å². The molecule has 1 aromatic rings. The summed E-state index contributed by atoms with van der Waals surface area (Å²) in [5.41, 5.74) is 4.64. The fourth-order valence-corrected chi connectivity index (χ4v) is 1.07. The van der Waals surface area contributed by atoms with Gasteiger partial charge in [0.05, 0.1) is 11.0 Å². The van der Waals surface area contributed by atoms with E-state index in [1.165, 1.54) is 13.0 Å². The van der Waals surface area contributed by atoms with Crippen LogP contribution in [0.3, 0.4) is 0 Å². The van der Waals surface area contributed by atoms with Gasteiger partial charge in [-0.2, -0.15) is 4.39 Å². The van der Waals surface area contributed by atoms with Crippen LogP contribution < -0.4 is 5.73 Å². The first-order valence-corrected chi connectivity index (χ1v) is 4.17. The molecule has 5 nitrogen and oxygen atoms in total. The van der Waals surface area contributed by atoms with E-state index in [2.05, 4.69) is 0 Å². The standard InChI is InChI=1S/C9H9FN2O3/c1-5(11)9(13)6-2-3-7(10)8(4-6)12(14)15/h2-5H,11H2,1H3. The Kier molecular flexibility index (Phi) is 3.11. The lowest BCUT2D eigenvalue weighted by Crippen LogP contribution is -2.26. The molecule has 6 heteroatoms. The number of carbonyl (C=O) groups excluding carboxylic acids is 1. The number of halogens is 1. The summed E-state index contributed by atoms with van der Waals surface area (Å²) < 4.78 is 12.9. The van der Waals surface area contributed by atoms with Gasteiger partial charge in [-0.1, -0.05) is 0 Å². The lowest BCUT2D eigenvalue weighted by molar-refractivity contribution is -0.387. The number of hydrogen-bond donors (Lipinski definition) is 1. The summed E-state index contributed by atoms with van der Waals surface area (Å²) in [6.07, 6.45) is 0. The highest BCUT2D eigenvalue weighted by atomic mass is 19.1. The summed E-state index contributed by atoms with van der Waals surface area (Å²) >= 11 is 0. The molecule has 1 unspecified atom stereocenters. The molecule has 0 bridgehead atoms. The van der Waals surface area contributed by atoms with Crippen LogP contribution in [0, 0.1) is 15.9 Å². The van der Waals surface area contributed by atoms with Crippen molar-refractivity contribution in [1.82, 2.24) is 0 Å². The Balaban J connectivity index is 3.19. The minimum absolute atomic E-state index is 0.0399. The summed E-state index contributed by atoms with van der Waals surface area (Å²) in [5, 5.41) is 10.4. The highest BCUT2D eigenvalue weighted by molar-refractivity contribution is 6.00. The largest absolute Gasteiger partial charge is 0.321 e. The maximum absolute atomic E-state index is 12.9. The highest BCUT2D eigenvalue weighted by Gasteiger charge is 2.18. The molecule has 0 spiro atoms. The van der Waals surface area contributed by atoms with Crippen molar-refractivity contribution in [3.05, 3.63) is 39.7 Å². The Morgan fingerprint density at radius 3 is 2.67 bits per heavy atom. The van der Waals surface area contributed by atoms with Gasteiger partial charge in [-0.05, 0) is 19.1 Å². The third-order valence-electron chi connectivity index (χ3n) is 1.84. The second kappa shape index (κ2) is 4.14. The molecule has 80 valence electrons. The van der Waals surface area contributed by atoms with E-state index in [1.54, 1.807) is 0 Å². The molecule has 0 aliphatic rings. The van der Waals surface area contributed by atoms with E-state index in [1.807, 2.05) is 0 Å². The first-order valence-electron chi connectivity index (χ1n) is 4.17. The van der Waals surface area contributed by atoms with Crippen molar-refractivity contribution in [3.63, 3.8) is 0 Å². The first kappa shape index (κ1) is 11.3. The van der Waals surface area contributed by atoms with Gasteiger partial charge in [0.1, 0.15) is 0 Å². The van der Waals surface area contributed by atoms with Crippen molar-refractivity contribution >= 4 is 11.5 Å². The summed E-state index contributed by atoms with van der Waals surface area (Å²) in [7, 11) is 0. The van der Waals surface area contributed by atoms with Gasteiger partial charge < -0.3 is 5.73 Å². The van der Waals surface area contributed by atoms with Crippen LogP contribution in [0.2, 0.25) is 0 Å². The van der Waals surface area contributed by atoms with Gasteiger partial charge in [0.15, 0.2) is 5.78 Å². The second-order valence-electron chi connectivity index (χ2n) is 3.08. The van der Waals surface area contributed by atoms with Crippen LogP contribution in [-0.2, 0) is 0 Å². The van der Waals surface area contributed by atoms with E-state index in [0.717, 1.165) is 12.1 Å². The molecule has 0 heterocycles. The molecule has 2 N–H and O–H groups in total. The molecule has 0 aliphatic carbocycles. The number of carbonyl (C=O) groups is 1. The summed E-state index contributed by atoms with van der Waals surface area (Å²) in [5.74, 6) is -1.43. The quantitative estimate of drug-likeness (QED) is 0.464. The molecule has 0 amide bonds. The van der Waals surface area contributed by atoms with Crippen molar-refractivity contribution in [2.75, 3.05) is 0 Å². The van der Waals surface area contributed by atoms with Crippen molar-refractivity contribution in [3.8, 4) is 0 Å². The number of benzene rings is 1. The maximum Gasteiger partial charge on any atom is 0.305 e. The molecule has 0 aliphatic heterocycles. The second-order valence-corrected chi connectivity index (χ2v) is 3.08. The normalized spacial score (nSPS) is 12.2. The van der Waals surface area contributed by atoms with E-state index in [-0.39, 0.29) is 5.56 Å². The zero-order valence-electron chi connectivity index (χ0n) is 7.94. The molecule has 0 aromatic heterocycles. The molecular weight excluding hydrogens is 203 g/mol. The summed E-state index contributed by atoms with van der Waals surface area (Å²) in [4.78, 5) is 20.9. The predicted molar refractivity (Wildman–Crippen MR) is 51.0 cm³/mol. The fourth-order valence-electron chi connectivity index (χ4n) is 1.07. The van der Waals surface area contributed by atoms with Gasteiger partial charge in [0, 0.05) is 11.6 Å². The average molecular weight is 212 g/mol. The Labute approximate surface area is 84.8 Å². The number of nitrogens with zero attached hydrogens (tertiary/aromatic N) is 1. The summed E-state index contributed by atoms with van der Waals surface area (Å²) in [6.45, 7) is 1.46. The Morgan fingerprint density at radius 2 is 2.20 bits per heavy atom. The smallest absolute Gasteiger partial charge is 0.305 e. The van der Waals surface area contributed by atoms with Crippen molar-refractivity contribution < 1.29 is 14.1 Å². The fraction of sp³-hybridized carbons (Fsp3) is 0.222. The zero-order chi connectivity index (χ0) is 11.6. The average Bonchev–Trinajstić information content (AvgIpc) is 2.16. The van der Waals surface area contributed by atoms with Crippen LogP contribution in [0.25, 0.3) is 0 Å². The predicted octanol–water partition coefficient (Wildman–Crippen LogP) is 1.26. The van der Waals surface area contributed by atoms with Gasteiger partial charge in [-0.25, -0.2) is 0 Å². The minimum Gasteiger partial charge on any atom is -0.321 e. The van der Waals surface area contributed by atoms with Gasteiger partial charge in [0.2, 0.25) is 5.82 Å². The maximum atomic E-state index is 12.9. The molecule has 0 fully saturated rings. The van der Waals surface area contributed by atoms with Crippen LogP contribution in [0.15, 0.2) is 18.2 Å². The van der Waals surface area contributed by atoms with Crippen LogP contribution in [0.5, 0.6) is 0 Å². The third-order valence-corrected chi connectivity index (χ3v) is 1.84. The van der Waals surface area contributed by atoms with Gasteiger partial charge in [0.25, 0.3) is 0 Å². The van der Waals surface area contributed by atoms with Gasteiger partial charge in [-0.3, -0.25) is 14.9 Å². The van der Waals surface area contributed by atoms with Gasteiger partial charge >= 0.3 is 5.69 Å². The molecule has 0 saturated carbocycles. The van der Waals surface area contributed by atoms with E-state index >= 15 is 0 Å². The number of ketones is 1. The van der Waals surface area contributed by atoms with Crippen molar-refractivity contribution in [2.45, 2.75) is 13.0 Å². The first-order chi connectivity index (χ1) is 6.93. The van der Waals surface area contributed by atoms with Gasteiger partial charge in [-0.15, -0.1) is 0 Å². The van der Waals surface area contributed by atoms with E-state index in [9.17, 15) is 19.3 Å². The Morgan fingerprint density at radius 1 is 1.60 bits per heavy atom. The van der Waals surface area contributed by atoms with Crippen LogP contribution in [0.1, 0.15) is 17.3 Å². The van der Waals surface area contributed by atoms with Crippen LogP contribution in [0.4, 0.5) is 10.1 Å². The Bertz CT molecular complexity index is 418. The third kappa shape index (κ3) is 2.35. The van der Waals surface area contributed by atoms with Crippen LogP contribution >= 0.6 is 0 Å². The monoisotopic (exact) mass is 212 g/mol. The number of nitro groups is 1. The highest BCUT2D eigenvalue weighted by Crippen LogP contribution is 2.19. The lowest BCUT2D eigenvalue weighted by atomic mass is 10.1. The molecule has 0 saturated heterocycles. The number of Topliss-reactive ketones (excluding diaryl/α,β-unsaturated/α-hetero) is 1. The number of rotatable bonds is 3. The SMILES string of the molecule is CC(N)C(=O)c1ccc(F)c([N+](=O)[O-])c1. The molecular formula is C9H9FN2O3.